The molecule has 0 bridgehead atoms. The summed E-state index contributed by atoms with van der Waals surface area (Å²) >= 11 is 7.01. The number of halogens is 2. The molecule has 1 saturated heterocycles. The van der Waals surface area contributed by atoms with Gasteiger partial charge in [0.15, 0.2) is 0 Å². The fraction of sp³-hybridized carbons (Fsp3) is 0.538. The number of methoxy groups -OCH3 is 1. The molecule has 0 saturated carbocycles. The van der Waals surface area contributed by atoms with E-state index in [1.165, 1.54) is 13.2 Å². The number of allylic oxidation sites excluding steroid dienone is 2. The van der Waals surface area contributed by atoms with Crippen molar-refractivity contribution in [1.29, 1.82) is 0 Å². The van der Waals surface area contributed by atoms with Crippen molar-refractivity contribution < 1.29 is 19.1 Å². The summed E-state index contributed by atoms with van der Waals surface area (Å²) in [6.45, 7) is 0.413. The Hall–Kier alpha value is -0.620. The highest BCUT2D eigenvalue weighted by Gasteiger charge is 2.46. The molecule has 4 atom stereocenters. The minimum atomic E-state index is -0.415. The average Bonchev–Trinajstić information content (AvgIpc) is 2.76. The molecule has 6 heteroatoms. The molecule has 0 aromatic carbocycles. The fourth-order valence-corrected chi connectivity index (χ4v) is 4.62. The van der Waals surface area contributed by atoms with Crippen LogP contribution < -0.4 is 0 Å². The highest BCUT2D eigenvalue weighted by Crippen LogP contribution is 2.45. The van der Waals surface area contributed by atoms with Gasteiger partial charge < -0.3 is 9.47 Å². The topological polar surface area (TPSA) is 52.6 Å². The van der Waals surface area contributed by atoms with E-state index in [-0.39, 0.29) is 29.6 Å². The third-order valence-electron chi connectivity index (χ3n) is 3.58. The van der Waals surface area contributed by atoms with Crippen LogP contribution in [0.5, 0.6) is 0 Å². The number of alkyl halides is 1. The Balaban J connectivity index is 2.30. The number of carbonyl (C=O) groups is 2. The van der Waals surface area contributed by atoms with Gasteiger partial charge in [-0.3, -0.25) is 4.79 Å². The van der Waals surface area contributed by atoms with E-state index in [0.717, 1.165) is 4.48 Å². The van der Waals surface area contributed by atoms with E-state index < -0.39 is 5.97 Å². The number of cyclic esters (lactones) is 1. The normalized spacial score (nSPS) is 33.8. The maximum atomic E-state index is 11.9. The van der Waals surface area contributed by atoms with Crippen LogP contribution in [0, 0.1) is 23.7 Å². The molecule has 4 nitrogen and oxygen atoms in total. The van der Waals surface area contributed by atoms with Crippen LogP contribution in [0.25, 0.3) is 0 Å². The van der Waals surface area contributed by atoms with Gasteiger partial charge in [0.2, 0.25) is 0 Å². The Bertz CT molecular complexity index is 444. The van der Waals surface area contributed by atoms with Crippen LogP contribution in [0.15, 0.2) is 22.7 Å². The summed E-state index contributed by atoms with van der Waals surface area (Å²) in [5.41, 5.74) is 0. The van der Waals surface area contributed by atoms with Crippen LogP contribution in [-0.4, -0.2) is 31.0 Å². The molecule has 2 aliphatic rings. The Morgan fingerprint density at radius 2 is 2.37 bits per heavy atom. The zero-order valence-corrected chi connectivity index (χ0v) is 13.5. The lowest BCUT2D eigenvalue weighted by molar-refractivity contribution is -0.142. The van der Waals surface area contributed by atoms with Crippen molar-refractivity contribution in [3.05, 3.63) is 22.7 Å². The van der Waals surface area contributed by atoms with Crippen LogP contribution in [0.3, 0.4) is 0 Å². The van der Waals surface area contributed by atoms with Crippen LogP contribution in [0.2, 0.25) is 0 Å². The molecule has 0 amide bonds. The number of esters is 2. The van der Waals surface area contributed by atoms with Crippen molar-refractivity contribution in [3.63, 3.8) is 0 Å². The predicted molar refractivity (Wildman–Crippen MR) is 76.9 cm³/mol. The number of ether oxygens (including phenoxy) is 2. The molecule has 0 spiro atoms. The van der Waals surface area contributed by atoms with Gasteiger partial charge in [0.1, 0.15) is 0 Å². The Morgan fingerprint density at radius 1 is 1.63 bits per heavy atom. The van der Waals surface area contributed by atoms with Crippen LogP contribution >= 0.6 is 31.9 Å². The minimum absolute atomic E-state index is 0.0714. The second kappa shape index (κ2) is 6.22. The lowest BCUT2D eigenvalue weighted by atomic mass is 9.72. The first kappa shape index (κ1) is 14.8. The maximum absolute atomic E-state index is 11.9. The van der Waals surface area contributed by atoms with Crippen molar-refractivity contribution in [1.82, 2.24) is 0 Å². The lowest BCUT2D eigenvalue weighted by Crippen LogP contribution is -2.34. The van der Waals surface area contributed by atoms with Crippen molar-refractivity contribution >= 4 is 43.8 Å². The largest absolute Gasteiger partial charge is 0.466 e. The Morgan fingerprint density at radius 3 is 3.00 bits per heavy atom. The van der Waals surface area contributed by atoms with Gasteiger partial charge in [0, 0.05) is 23.2 Å². The number of hydrogen-bond acceptors (Lipinski definition) is 4. The second-order valence-electron chi connectivity index (χ2n) is 4.59. The van der Waals surface area contributed by atoms with E-state index in [9.17, 15) is 9.59 Å². The van der Waals surface area contributed by atoms with E-state index in [1.54, 1.807) is 6.08 Å². The summed E-state index contributed by atoms with van der Waals surface area (Å²) in [6.07, 6.45) is 5.19. The predicted octanol–water partition coefficient (Wildman–Crippen LogP) is 2.42. The summed E-state index contributed by atoms with van der Waals surface area (Å²) in [6, 6.07) is 0. The smallest absolute Gasteiger partial charge is 0.330 e. The van der Waals surface area contributed by atoms with Gasteiger partial charge in [0.05, 0.1) is 19.6 Å². The zero-order valence-electron chi connectivity index (χ0n) is 10.3. The summed E-state index contributed by atoms with van der Waals surface area (Å²) in [5.74, 6) is -0.700. The van der Waals surface area contributed by atoms with Crippen LogP contribution in [0.4, 0.5) is 0 Å². The first-order chi connectivity index (χ1) is 9.08. The number of carbonyl (C=O) groups excluding carboxylic acids is 2. The Kier molecular flexibility index (Phi) is 4.84. The van der Waals surface area contributed by atoms with Crippen molar-refractivity contribution in [3.8, 4) is 0 Å². The zero-order chi connectivity index (χ0) is 14.0. The fourth-order valence-electron chi connectivity index (χ4n) is 2.60. The van der Waals surface area contributed by atoms with Gasteiger partial charge in [-0.1, -0.05) is 44.0 Å². The highest BCUT2D eigenvalue weighted by molar-refractivity contribution is 9.12. The van der Waals surface area contributed by atoms with Crippen molar-refractivity contribution in [2.24, 2.45) is 23.7 Å². The molecule has 0 unspecified atom stereocenters. The van der Waals surface area contributed by atoms with E-state index in [2.05, 4.69) is 36.6 Å². The van der Waals surface area contributed by atoms with Gasteiger partial charge in [-0.25, -0.2) is 4.79 Å². The molecule has 104 valence electrons. The summed E-state index contributed by atoms with van der Waals surface area (Å²) in [4.78, 5) is 23.1. The van der Waals surface area contributed by atoms with E-state index >= 15 is 0 Å². The second-order valence-corrected chi connectivity index (χ2v) is 6.15. The molecule has 1 heterocycles. The van der Waals surface area contributed by atoms with Gasteiger partial charge >= 0.3 is 11.9 Å². The minimum Gasteiger partial charge on any atom is -0.466 e. The molecule has 19 heavy (non-hydrogen) atoms. The molecular formula is C13H14Br2O4. The monoisotopic (exact) mass is 392 g/mol. The van der Waals surface area contributed by atoms with Crippen LogP contribution in [0.1, 0.15) is 0 Å². The third-order valence-corrected chi connectivity index (χ3v) is 5.13. The first-order valence-corrected chi connectivity index (χ1v) is 7.86. The molecular weight excluding hydrogens is 380 g/mol. The summed E-state index contributed by atoms with van der Waals surface area (Å²) in [7, 11) is 1.33. The van der Waals surface area contributed by atoms with Gasteiger partial charge in [0.25, 0.3) is 0 Å². The standard InChI is InChI=1S/C13H14Br2O4/c1-18-11(16)3-2-8-9(5-14)10(15)4-7-6-19-13(17)12(7)8/h2-4,7-9,12H,5-6H2,1H3/b3-2+/t7-,8+,9+,12+/m1/s1. The van der Waals surface area contributed by atoms with Crippen molar-refractivity contribution in [2.75, 3.05) is 19.0 Å². The van der Waals surface area contributed by atoms with E-state index in [1.807, 2.05) is 6.08 Å². The molecule has 0 aromatic rings. The SMILES string of the molecule is COC(=O)/C=C/[C@@H]1[C@H]2C(=O)OC[C@H]2C=C(Br)[C@H]1CBr. The summed E-state index contributed by atoms with van der Waals surface area (Å²) < 4.78 is 10.8. The Labute approximate surface area is 128 Å². The molecule has 1 aliphatic heterocycles. The number of fused-ring (bicyclic) bond motifs is 1. The van der Waals surface area contributed by atoms with Gasteiger partial charge in [-0.2, -0.15) is 0 Å². The third kappa shape index (κ3) is 2.94. The highest BCUT2D eigenvalue weighted by atomic mass is 79.9. The number of rotatable bonds is 3. The van der Waals surface area contributed by atoms with E-state index in [0.29, 0.717) is 11.9 Å². The quantitative estimate of drug-likeness (QED) is 0.419. The maximum Gasteiger partial charge on any atom is 0.330 e. The lowest BCUT2D eigenvalue weighted by Gasteiger charge is -2.33. The van der Waals surface area contributed by atoms with Crippen LogP contribution in [-0.2, 0) is 19.1 Å². The molecule has 0 N–H and O–H groups in total. The first-order valence-electron chi connectivity index (χ1n) is 5.94. The molecule has 0 aromatic heterocycles. The molecule has 1 aliphatic carbocycles. The number of hydrogen-bond donors (Lipinski definition) is 0. The van der Waals surface area contributed by atoms with E-state index in [4.69, 9.17) is 4.74 Å². The summed E-state index contributed by atoms with van der Waals surface area (Å²) in [5, 5.41) is 0.705. The van der Waals surface area contributed by atoms with Gasteiger partial charge in [-0.15, -0.1) is 0 Å². The van der Waals surface area contributed by atoms with Gasteiger partial charge in [-0.05, 0) is 10.4 Å². The molecule has 2 rings (SSSR count). The molecule has 1 fully saturated rings. The average molecular weight is 394 g/mol. The van der Waals surface area contributed by atoms with Crippen molar-refractivity contribution in [2.45, 2.75) is 0 Å². The molecule has 0 radical (unpaired) electrons.